The van der Waals surface area contributed by atoms with Crippen LogP contribution in [0.4, 0.5) is 0 Å². The third kappa shape index (κ3) is 2.48. The Morgan fingerprint density at radius 3 is 2.88 bits per heavy atom. The quantitative estimate of drug-likeness (QED) is 0.824. The Morgan fingerprint density at radius 2 is 2.19 bits per heavy atom. The average Bonchev–Trinajstić information content (AvgIpc) is 2.39. The van der Waals surface area contributed by atoms with Gasteiger partial charge in [-0.15, -0.1) is 0 Å². The van der Waals surface area contributed by atoms with Crippen LogP contribution in [0.5, 0.6) is 5.88 Å². The van der Waals surface area contributed by atoms with Gasteiger partial charge in [-0.25, -0.2) is 9.97 Å². The lowest BCUT2D eigenvalue weighted by Gasteiger charge is -2.27. The number of hydrogen-bond donors (Lipinski definition) is 1. The molecule has 2 rings (SSSR count). The molecular weight excluding hydrogens is 206 g/mol. The van der Waals surface area contributed by atoms with Gasteiger partial charge in [0.15, 0.2) is 0 Å². The Kier molecular flexibility index (Phi) is 3.69. The van der Waals surface area contributed by atoms with Crippen LogP contribution in [0.25, 0.3) is 0 Å². The van der Waals surface area contributed by atoms with Crippen molar-refractivity contribution in [2.24, 2.45) is 11.7 Å². The van der Waals surface area contributed by atoms with Gasteiger partial charge in [-0.1, -0.05) is 0 Å². The van der Waals surface area contributed by atoms with E-state index in [-0.39, 0.29) is 6.04 Å². The largest absolute Gasteiger partial charge is 0.481 e. The van der Waals surface area contributed by atoms with E-state index < -0.39 is 0 Å². The van der Waals surface area contributed by atoms with Gasteiger partial charge >= 0.3 is 0 Å². The van der Waals surface area contributed by atoms with Gasteiger partial charge in [-0.3, -0.25) is 0 Å². The van der Waals surface area contributed by atoms with Crippen molar-refractivity contribution < 1.29 is 9.47 Å². The molecule has 0 spiro atoms. The van der Waals surface area contributed by atoms with Crippen LogP contribution in [0.3, 0.4) is 0 Å². The first-order chi connectivity index (χ1) is 7.81. The Bertz CT molecular complexity index is 340. The second-order valence-electron chi connectivity index (χ2n) is 3.96. The van der Waals surface area contributed by atoms with E-state index >= 15 is 0 Å². The third-order valence-electron chi connectivity index (χ3n) is 2.99. The van der Waals surface area contributed by atoms with Crippen LogP contribution >= 0.6 is 0 Å². The number of rotatable bonds is 3. The van der Waals surface area contributed by atoms with Gasteiger partial charge in [0, 0.05) is 19.3 Å². The van der Waals surface area contributed by atoms with Crippen molar-refractivity contribution in [1.29, 1.82) is 0 Å². The molecule has 1 aromatic heterocycles. The summed E-state index contributed by atoms with van der Waals surface area (Å²) in [4.78, 5) is 8.18. The topological polar surface area (TPSA) is 70.3 Å². The molecule has 0 radical (unpaired) electrons. The lowest BCUT2D eigenvalue weighted by molar-refractivity contribution is 0.0579. The van der Waals surface area contributed by atoms with Crippen LogP contribution in [0.2, 0.25) is 0 Å². The van der Waals surface area contributed by atoms with Gasteiger partial charge in [0.1, 0.15) is 6.33 Å². The zero-order chi connectivity index (χ0) is 11.4. The number of nitrogens with zero attached hydrogens (tertiary/aromatic N) is 2. The van der Waals surface area contributed by atoms with E-state index in [4.69, 9.17) is 15.2 Å². The van der Waals surface area contributed by atoms with Crippen LogP contribution in [-0.4, -0.2) is 30.3 Å². The Hall–Kier alpha value is -1.20. The Labute approximate surface area is 95.0 Å². The van der Waals surface area contributed by atoms with E-state index in [1.165, 1.54) is 6.33 Å². The molecular formula is C11H17N3O2. The first-order valence-corrected chi connectivity index (χ1v) is 5.50. The van der Waals surface area contributed by atoms with Crippen molar-refractivity contribution in [3.8, 4) is 5.88 Å². The summed E-state index contributed by atoms with van der Waals surface area (Å²) in [5.41, 5.74) is 7.04. The van der Waals surface area contributed by atoms with Gasteiger partial charge < -0.3 is 15.2 Å². The van der Waals surface area contributed by atoms with Gasteiger partial charge in [0.05, 0.1) is 18.8 Å². The molecule has 1 fully saturated rings. The molecule has 1 aromatic rings. The number of nitrogens with two attached hydrogens (primary N) is 1. The SMILES string of the molecule is COc1cc(C(N)C2CCOCC2)ncn1. The molecule has 88 valence electrons. The fourth-order valence-electron chi connectivity index (χ4n) is 1.96. The number of ether oxygens (including phenoxy) is 2. The van der Waals surface area contributed by atoms with E-state index in [2.05, 4.69) is 9.97 Å². The van der Waals surface area contributed by atoms with Gasteiger partial charge in [-0.2, -0.15) is 0 Å². The molecule has 1 atom stereocenters. The summed E-state index contributed by atoms with van der Waals surface area (Å²) in [6, 6.07) is 1.75. The molecule has 1 unspecified atom stereocenters. The fourth-order valence-corrected chi connectivity index (χ4v) is 1.96. The summed E-state index contributed by atoms with van der Waals surface area (Å²) in [5.74, 6) is 1.00. The monoisotopic (exact) mass is 223 g/mol. The van der Waals surface area contributed by atoms with E-state index in [1.54, 1.807) is 13.2 Å². The van der Waals surface area contributed by atoms with E-state index in [0.717, 1.165) is 31.7 Å². The molecule has 5 nitrogen and oxygen atoms in total. The van der Waals surface area contributed by atoms with Crippen molar-refractivity contribution in [3.05, 3.63) is 18.1 Å². The number of hydrogen-bond acceptors (Lipinski definition) is 5. The second-order valence-corrected chi connectivity index (χ2v) is 3.96. The normalized spacial score (nSPS) is 19.4. The van der Waals surface area contributed by atoms with Crippen molar-refractivity contribution in [1.82, 2.24) is 9.97 Å². The summed E-state index contributed by atoms with van der Waals surface area (Å²) in [6.45, 7) is 1.58. The smallest absolute Gasteiger partial charge is 0.216 e. The van der Waals surface area contributed by atoms with Crippen LogP contribution in [-0.2, 0) is 4.74 Å². The third-order valence-corrected chi connectivity index (χ3v) is 2.99. The maximum absolute atomic E-state index is 6.19. The molecule has 0 bridgehead atoms. The minimum atomic E-state index is -0.0548. The zero-order valence-corrected chi connectivity index (χ0v) is 9.43. The molecule has 0 saturated carbocycles. The average molecular weight is 223 g/mol. The number of aromatic nitrogens is 2. The van der Waals surface area contributed by atoms with Crippen LogP contribution in [0, 0.1) is 5.92 Å². The van der Waals surface area contributed by atoms with Crippen molar-refractivity contribution >= 4 is 0 Å². The predicted octanol–water partition coefficient (Wildman–Crippen LogP) is 0.912. The van der Waals surface area contributed by atoms with Gasteiger partial charge in [0.25, 0.3) is 0 Å². The molecule has 2 heterocycles. The molecule has 5 heteroatoms. The molecule has 1 saturated heterocycles. The summed E-state index contributed by atoms with van der Waals surface area (Å²) < 4.78 is 10.4. The summed E-state index contributed by atoms with van der Waals surface area (Å²) >= 11 is 0. The van der Waals surface area contributed by atoms with Crippen LogP contribution in [0.15, 0.2) is 12.4 Å². The molecule has 1 aliphatic heterocycles. The minimum Gasteiger partial charge on any atom is -0.481 e. The van der Waals surface area contributed by atoms with Crippen molar-refractivity contribution in [3.63, 3.8) is 0 Å². The van der Waals surface area contributed by atoms with Crippen LogP contribution < -0.4 is 10.5 Å². The zero-order valence-electron chi connectivity index (χ0n) is 9.43. The highest BCUT2D eigenvalue weighted by molar-refractivity contribution is 5.16. The maximum Gasteiger partial charge on any atom is 0.216 e. The molecule has 1 aliphatic rings. The lowest BCUT2D eigenvalue weighted by atomic mass is 9.90. The molecule has 2 N–H and O–H groups in total. The van der Waals surface area contributed by atoms with Gasteiger partial charge in [-0.05, 0) is 18.8 Å². The van der Waals surface area contributed by atoms with Gasteiger partial charge in [0.2, 0.25) is 5.88 Å². The molecule has 0 amide bonds. The molecule has 0 aromatic carbocycles. The summed E-state index contributed by atoms with van der Waals surface area (Å²) in [6.07, 6.45) is 3.48. The van der Waals surface area contributed by atoms with Crippen molar-refractivity contribution in [2.75, 3.05) is 20.3 Å². The first-order valence-electron chi connectivity index (χ1n) is 5.50. The van der Waals surface area contributed by atoms with Crippen molar-refractivity contribution in [2.45, 2.75) is 18.9 Å². The second kappa shape index (κ2) is 5.23. The Morgan fingerprint density at radius 1 is 1.44 bits per heavy atom. The van der Waals surface area contributed by atoms with E-state index in [9.17, 15) is 0 Å². The highest BCUT2D eigenvalue weighted by Crippen LogP contribution is 2.27. The highest BCUT2D eigenvalue weighted by Gasteiger charge is 2.23. The predicted molar refractivity (Wildman–Crippen MR) is 59.1 cm³/mol. The number of methoxy groups -OCH3 is 1. The lowest BCUT2D eigenvalue weighted by Crippen LogP contribution is -2.28. The molecule has 0 aliphatic carbocycles. The fraction of sp³-hybridized carbons (Fsp3) is 0.636. The molecule has 16 heavy (non-hydrogen) atoms. The Balaban J connectivity index is 2.09. The standard InChI is InChI=1S/C11H17N3O2/c1-15-10-6-9(13-7-14-10)11(12)8-2-4-16-5-3-8/h6-8,11H,2-5,12H2,1H3. The maximum atomic E-state index is 6.19. The van der Waals surface area contributed by atoms with E-state index in [1.807, 2.05) is 0 Å². The summed E-state index contributed by atoms with van der Waals surface area (Å²) in [5, 5.41) is 0. The first kappa shape index (κ1) is 11.3. The highest BCUT2D eigenvalue weighted by atomic mass is 16.5. The van der Waals surface area contributed by atoms with E-state index in [0.29, 0.717) is 11.8 Å². The minimum absolute atomic E-state index is 0.0548. The summed E-state index contributed by atoms with van der Waals surface area (Å²) in [7, 11) is 1.59. The van der Waals surface area contributed by atoms with Crippen LogP contribution in [0.1, 0.15) is 24.6 Å².